The van der Waals surface area contributed by atoms with E-state index in [2.05, 4.69) is 12.2 Å². The molecule has 7 unspecified atom stereocenters. The van der Waals surface area contributed by atoms with Crippen LogP contribution in [0.5, 0.6) is 0 Å². The van der Waals surface area contributed by atoms with E-state index in [0.29, 0.717) is 12.5 Å². The van der Waals surface area contributed by atoms with Gasteiger partial charge < -0.3 is 9.53 Å². The van der Waals surface area contributed by atoms with Crippen LogP contribution in [-0.4, -0.2) is 18.9 Å². The van der Waals surface area contributed by atoms with Gasteiger partial charge in [0, 0.05) is 5.92 Å². The van der Waals surface area contributed by atoms with Crippen molar-refractivity contribution in [2.45, 2.75) is 32.1 Å². The van der Waals surface area contributed by atoms with E-state index < -0.39 is 0 Å². The highest BCUT2D eigenvalue weighted by atomic mass is 16.5. The first-order valence-electron chi connectivity index (χ1n) is 8.06. The van der Waals surface area contributed by atoms with Gasteiger partial charge in [-0.25, -0.2) is 0 Å². The Hall–Kier alpha value is -1.12. The van der Waals surface area contributed by atoms with Gasteiger partial charge in [-0.2, -0.15) is 0 Å². The highest BCUT2D eigenvalue weighted by Gasteiger charge is 2.49. The van der Waals surface area contributed by atoms with E-state index in [1.54, 1.807) is 0 Å². The maximum Gasteiger partial charge on any atom is 0.310 e. The summed E-state index contributed by atoms with van der Waals surface area (Å²) >= 11 is 0. The normalized spacial score (nSPS) is 47.9. The molecule has 3 heteroatoms. The molecule has 0 aromatic carbocycles. The van der Waals surface area contributed by atoms with E-state index in [-0.39, 0.29) is 29.6 Å². The van der Waals surface area contributed by atoms with Crippen molar-refractivity contribution in [1.82, 2.24) is 0 Å². The topological polar surface area (TPSA) is 43.4 Å². The summed E-state index contributed by atoms with van der Waals surface area (Å²) in [6.45, 7) is 0.586. The fourth-order valence-electron chi connectivity index (χ4n) is 5.24. The summed E-state index contributed by atoms with van der Waals surface area (Å²) in [4.78, 5) is 23.6. The fraction of sp³-hybridized carbons (Fsp3) is 0.765. The number of carbonyl (C=O) groups is 2. The second kappa shape index (κ2) is 4.71. The number of fused-ring (bicyclic) bond motifs is 4. The lowest BCUT2D eigenvalue weighted by Gasteiger charge is -2.25. The van der Waals surface area contributed by atoms with Crippen molar-refractivity contribution in [1.29, 1.82) is 0 Å². The molecular weight excluding hydrogens is 252 g/mol. The number of carbonyl (C=O) groups excluding carboxylic acids is 2. The Kier molecular flexibility index (Phi) is 2.97. The van der Waals surface area contributed by atoms with E-state index in [4.69, 9.17) is 4.74 Å². The number of ether oxygens (including phenoxy) is 1. The Morgan fingerprint density at radius 1 is 1.15 bits per heavy atom. The van der Waals surface area contributed by atoms with Crippen molar-refractivity contribution in [3.8, 4) is 0 Å². The number of rotatable bonds is 4. The molecule has 4 rings (SSSR count). The van der Waals surface area contributed by atoms with Gasteiger partial charge in [0.2, 0.25) is 0 Å². The molecule has 0 aliphatic heterocycles. The molecule has 0 spiro atoms. The SMILES string of the molecule is O=CC1C2C=CC(C2)C1C(=O)OCC1CC2CCC1C2. The Balaban J connectivity index is 1.36. The molecule has 20 heavy (non-hydrogen) atoms. The van der Waals surface area contributed by atoms with E-state index >= 15 is 0 Å². The molecule has 0 aromatic heterocycles. The predicted molar refractivity (Wildman–Crippen MR) is 73.7 cm³/mol. The molecular formula is C17H22O3. The third-order valence-corrected chi connectivity index (χ3v) is 6.27. The number of hydrogen-bond acceptors (Lipinski definition) is 3. The summed E-state index contributed by atoms with van der Waals surface area (Å²) in [7, 11) is 0. The molecule has 0 radical (unpaired) electrons. The molecule has 0 amide bonds. The highest BCUT2D eigenvalue weighted by Crippen LogP contribution is 2.49. The van der Waals surface area contributed by atoms with Crippen LogP contribution < -0.4 is 0 Å². The van der Waals surface area contributed by atoms with E-state index in [1.165, 1.54) is 25.7 Å². The van der Waals surface area contributed by atoms with Crippen LogP contribution in [0.1, 0.15) is 32.1 Å². The molecule has 0 N–H and O–H groups in total. The van der Waals surface area contributed by atoms with Crippen LogP contribution >= 0.6 is 0 Å². The quantitative estimate of drug-likeness (QED) is 0.449. The van der Waals surface area contributed by atoms with E-state index in [0.717, 1.165) is 24.5 Å². The molecule has 7 atom stereocenters. The van der Waals surface area contributed by atoms with Crippen molar-refractivity contribution < 1.29 is 14.3 Å². The molecule has 3 saturated carbocycles. The minimum Gasteiger partial charge on any atom is -0.465 e. The van der Waals surface area contributed by atoms with Crippen molar-refractivity contribution in [2.24, 2.45) is 41.4 Å². The van der Waals surface area contributed by atoms with Crippen LogP contribution in [0.4, 0.5) is 0 Å². The summed E-state index contributed by atoms with van der Waals surface area (Å²) < 4.78 is 5.62. The molecule has 0 aromatic rings. The predicted octanol–water partition coefficient (Wildman–Crippen LogP) is 2.60. The Morgan fingerprint density at radius 3 is 2.70 bits per heavy atom. The standard InChI is InChI=1S/C17H22O3/c18-8-15-12-3-4-13(7-12)16(15)17(19)20-9-14-6-10-1-2-11(14)5-10/h3-4,8,10-16H,1-2,5-7,9H2. The van der Waals surface area contributed by atoms with Gasteiger partial charge in [-0.15, -0.1) is 0 Å². The van der Waals surface area contributed by atoms with Gasteiger partial charge in [-0.1, -0.05) is 18.6 Å². The van der Waals surface area contributed by atoms with Gasteiger partial charge in [-0.3, -0.25) is 4.79 Å². The summed E-state index contributed by atoms with van der Waals surface area (Å²) in [5.41, 5.74) is 0. The maximum atomic E-state index is 12.4. The molecule has 4 aliphatic carbocycles. The first-order valence-corrected chi connectivity index (χ1v) is 8.06. The van der Waals surface area contributed by atoms with Crippen molar-refractivity contribution in [2.75, 3.05) is 6.61 Å². The lowest BCUT2D eigenvalue weighted by atomic mass is 9.84. The Bertz CT molecular complexity index is 455. The molecule has 0 saturated heterocycles. The molecule has 3 fully saturated rings. The first kappa shape index (κ1) is 12.6. The largest absolute Gasteiger partial charge is 0.465 e. The summed E-state index contributed by atoms with van der Waals surface area (Å²) in [5, 5.41) is 0. The van der Waals surface area contributed by atoms with Gasteiger partial charge in [0.1, 0.15) is 6.29 Å². The number of aldehydes is 1. The third-order valence-electron chi connectivity index (χ3n) is 6.27. The van der Waals surface area contributed by atoms with Crippen LogP contribution in [0.2, 0.25) is 0 Å². The molecule has 4 bridgehead atoms. The smallest absolute Gasteiger partial charge is 0.310 e. The third kappa shape index (κ3) is 1.86. The average Bonchev–Trinajstić information content (AvgIpc) is 3.21. The van der Waals surface area contributed by atoms with Gasteiger partial charge in [0.05, 0.1) is 12.5 Å². The van der Waals surface area contributed by atoms with Crippen LogP contribution in [0, 0.1) is 41.4 Å². The summed E-state index contributed by atoms with van der Waals surface area (Å²) in [6.07, 6.45) is 11.4. The Morgan fingerprint density at radius 2 is 2.00 bits per heavy atom. The Labute approximate surface area is 119 Å². The zero-order valence-corrected chi connectivity index (χ0v) is 11.7. The molecule has 3 nitrogen and oxygen atoms in total. The summed E-state index contributed by atoms with van der Waals surface area (Å²) in [5.74, 6) is 2.30. The van der Waals surface area contributed by atoms with Crippen LogP contribution in [0.3, 0.4) is 0 Å². The minimum atomic E-state index is -0.207. The van der Waals surface area contributed by atoms with E-state index in [1.807, 2.05) is 0 Å². The number of allylic oxidation sites excluding steroid dienone is 2. The van der Waals surface area contributed by atoms with Crippen LogP contribution in [0.25, 0.3) is 0 Å². The molecule has 0 heterocycles. The fourth-order valence-corrected chi connectivity index (χ4v) is 5.24. The molecule has 108 valence electrons. The van der Waals surface area contributed by atoms with Gasteiger partial charge in [-0.05, 0) is 55.3 Å². The lowest BCUT2D eigenvalue weighted by molar-refractivity contribution is -0.154. The maximum absolute atomic E-state index is 12.4. The van der Waals surface area contributed by atoms with Crippen LogP contribution in [-0.2, 0) is 14.3 Å². The number of esters is 1. The van der Waals surface area contributed by atoms with E-state index in [9.17, 15) is 9.59 Å². The monoisotopic (exact) mass is 274 g/mol. The minimum absolute atomic E-state index is 0.123. The summed E-state index contributed by atoms with van der Waals surface area (Å²) in [6, 6.07) is 0. The van der Waals surface area contributed by atoms with Crippen molar-refractivity contribution in [3.05, 3.63) is 12.2 Å². The highest BCUT2D eigenvalue weighted by molar-refractivity contribution is 5.79. The lowest BCUT2D eigenvalue weighted by Crippen LogP contribution is -2.31. The van der Waals surface area contributed by atoms with Crippen molar-refractivity contribution in [3.63, 3.8) is 0 Å². The molecule has 4 aliphatic rings. The average molecular weight is 274 g/mol. The number of hydrogen-bond donors (Lipinski definition) is 0. The van der Waals surface area contributed by atoms with Crippen molar-refractivity contribution >= 4 is 12.3 Å². The second-order valence-corrected chi connectivity index (χ2v) is 7.25. The zero-order valence-electron chi connectivity index (χ0n) is 11.7. The van der Waals surface area contributed by atoms with Crippen LogP contribution in [0.15, 0.2) is 12.2 Å². The second-order valence-electron chi connectivity index (χ2n) is 7.25. The zero-order chi connectivity index (χ0) is 13.7. The first-order chi connectivity index (χ1) is 9.76. The van der Waals surface area contributed by atoms with Gasteiger partial charge in [0.15, 0.2) is 0 Å². The van der Waals surface area contributed by atoms with Gasteiger partial charge >= 0.3 is 5.97 Å². The van der Waals surface area contributed by atoms with Gasteiger partial charge in [0.25, 0.3) is 0 Å².